The van der Waals surface area contributed by atoms with Crippen LogP contribution in [0.5, 0.6) is 0 Å². The van der Waals surface area contributed by atoms with E-state index in [-0.39, 0.29) is 17.9 Å². The van der Waals surface area contributed by atoms with Gasteiger partial charge in [0.2, 0.25) is 0 Å². The SMILES string of the molecule is C[C@H](c1cccc2ccccc12)N1C(=O)C=CC1=O. The summed E-state index contributed by atoms with van der Waals surface area (Å²) < 4.78 is 0. The summed E-state index contributed by atoms with van der Waals surface area (Å²) in [5, 5.41) is 2.18. The lowest BCUT2D eigenvalue weighted by atomic mass is 9.99. The van der Waals surface area contributed by atoms with Gasteiger partial charge in [-0.25, -0.2) is 0 Å². The minimum absolute atomic E-state index is 0.245. The third-order valence-corrected chi connectivity index (χ3v) is 3.50. The highest BCUT2D eigenvalue weighted by Gasteiger charge is 2.29. The van der Waals surface area contributed by atoms with E-state index in [4.69, 9.17) is 0 Å². The third-order valence-electron chi connectivity index (χ3n) is 3.50. The molecule has 1 aliphatic heterocycles. The largest absolute Gasteiger partial charge is 0.269 e. The molecule has 3 nitrogen and oxygen atoms in total. The minimum Gasteiger partial charge on any atom is -0.269 e. The molecule has 0 unspecified atom stereocenters. The summed E-state index contributed by atoms with van der Waals surface area (Å²) in [6.45, 7) is 1.88. The highest BCUT2D eigenvalue weighted by molar-refractivity contribution is 6.13. The molecule has 0 aromatic heterocycles. The third kappa shape index (κ3) is 1.83. The van der Waals surface area contributed by atoms with Crippen molar-refractivity contribution in [3.8, 4) is 0 Å². The summed E-state index contributed by atoms with van der Waals surface area (Å²) in [6.07, 6.45) is 2.65. The molecule has 3 heteroatoms. The van der Waals surface area contributed by atoms with Gasteiger partial charge in [0.25, 0.3) is 11.8 Å². The number of imide groups is 1. The van der Waals surface area contributed by atoms with E-state index < -0.39 is 0 Å². The molecule has 1 atom stereocenters. The fraction of sp³-hybridized carbons (Fsp3) is 0.125. The number of nitrogens with zero attached hydrogens (tertiary/aromatic N) is 1. The maximum Gasteiger partial charge on any atom is 0.254 e. The Bertz CT molecular complexity index is 679. The molecule has 2 amide bonds. The predicted octanol–water partition coefficient (Wildman–Crippen LogP) is 2.83. The van der Waals surface area contributed by atoms with Gasteiger partial charge in [0.05, 0.1) is 6.04 Å². The van der Waals surface area contributed by atoms with Gasteiger partial charge < -0.3 is 0 Å². The molecule has 19 heavy (non-hydrogen) atoms. The average molecular weight is 251 g/mol. The van der Waals surface area contributed by atoms with Crippen LogP contribution < -0.4 is 0 Å². The van der Waals surface area contributed by atoms with Crippen molar-refractivity contribution >= 4 is 22.6 Å². The van der Waals surface area contributed by atoms with Crippen LogP contribution in [0, 0.1) is 0 Å². The first-order valence-corrected chi connectivity index (χ1v) is 6.21. The average Bonchev–Trinajstić information content (AvgIpc) is 2.77. The highest BCUT2D eigenvalue weighted by Crippen LogP contribution is 2.29. The summed E-state index contributed by atoms with van der Waals surface area (Å²) in [7, 11) is 0. The Morgan fingerprint density at radius 1 is 0.895 bits per heavy atom. The van der Waals surface area contributed by atoms with Crippen LogP contribution in [0.15, 0.2) is 54.6 Å². The Morgan fingerprint density at radius 3 is 2.26 bits per heavy atom. The molecule has 0 spiro atoms. The van der Waals surface area contributed by atoms with Crippen LogP contribution in [0.25, 0.3) is 10.8 Å². The molecular weight excluding hydrogens is 238 g/mol. The molecule has 3 rings (SSSR count). The van der Waals surface area contributed by atoms with E-state index in [1.165, 1.54) is 17.1 Å². The number of hydrogen-bond acceptors (Lipinski definition) is 2. The van der Waals surface area contributed by atoms with E-state index >= 15 is 0 Å². The van der Waals surface area contributed by atoms with Gasteiger partial charge in [0, 0.05) is 12.2 Å². The second kappa shape index (κ2) is 4.35. The molecule has 0 saturated carbocycles. The molecule has 2 aromatic carbocycles. The van der Waals surface area contributed by atoms with E-state index in [2.05, 4.69) is 0 Å². The molecule has 0 fully saturated rings. The van der Waals surface area contributed by atoms with Gasteiger partial charge in [-0.3, -0.25) is 14.5 Å². The van der Waals surface area contributed by atoms with Gasteiger partial charge in [-0.15, -0.1) is 0 Å². The molecule has 0 saturated heterocycles. The monoisotopic (exact) mass is 251 g/mol. The lowest BCUT2D eigenvalue weighted by Gasteiger charge is -2.24. The lowest BCUT2D eigenvalue weighted by Crippen LogP contribution is -2.32. The van der Waals surface area contributed by atoms with Gasteiger partial charge in [0.1, 0.15) is 0 Å². The summed E-state index contributed by atoms with van der Waals surface area (Å²) in [4.78, 5) is 24.8. The number of amides is 2. The number of carbonyl (C=O) groups excluding carboxylic acids is 2. The number of fused-ring (bicyclic) bond motifs is 1. The Morgan fingerprint density at radius 2 is 1.53 bits per heavy atom. The molecule has 1 aliphatic rings. The quantitative estimate of drug-likeness (QED) is 0.770. The summed E-state index contributed by atoms with van der Waals surface area (Å²) >= 11 is 0. The molecule has 0 bridgehead atoms. The van der Waals surface area contributed by atoms with Crippen molar-refractivity contribution in [3.63, 3.8) is 0 Å². The zero-order valence-corrected chi connectivity index (χ0v) is 10.5. The maximum atomic E-state index is 11.8. The van der Waals surface area contributed by atoms with Gasteiger partial charge in [-0.2, -0.15) is 0 Å². The molecule has 2 aromatic rings. The molecule has 0 radical (unpaired) electrons. The van der Waals surface area contributed by atoms with Crippen molar-refractivity contribution in [2.24, 2.45) is 0 Å². The van der Waals surface area contributed by atoms with Crippen LogP contribution in [-0.4, -0.2) is 16.7 Å². The second-order valence-corrected chi connectivity index (χ2v) is 4.62. The molecule has 94 valence electrons. The fourth-order valence-corrected chi connectivity index (χ4v) is 2.55. The Balaban J connectivity index is 2.10. The van der Waals surface area contributed by atoms with E-state index in [9.17, 15) is 9.59 Å². The topological polar surface area (TPSA) is 37.4 Å². The maximum absolute atomic E-state index is 11.8. The second-order valence-electron chi connectivity index (χ2n) is 4.62. The predicted molar refractivity (Wildman–Crippen MR) is 73.4 cm³/mol. The van der Waals surface area contributed by atoms with Crippen LogP contribution >= 0.6 is 0 Å². The van der Waals surface area contributed by atoms with Gasteiger partial charge in [-0.1, -0.05) is 42.5 Å². The van der Waals surface area contributed by atoms with Crippen molar-refractivity contribution < 1.29 is 9.59 Å². The molecule has 1 heterocycles. The van der Waals surface area contributed by atoms with Gasteiger partial charge >= 0.3 is 0 Å². The van der Waals surface area contributed by atoms with E-state index in [1.54, 1.807) is 0 Å². The summed E-state index contributed by atoms with van der Waals surface area (Å²) in [5.74, 6) is -0.490. The van der Waals surface area contributed by atoms with Crippen molar-refractivity contribution in [2.75, 3.05) is 0 Å². The minimum atomic E-state index is -0.263. The lowest BCUT2D eigenvalue weighted by molar-refractivity contribution is -0.139. The Kier molecular flexibility index (Phi) is 2.67. The van der Waals surface area contributed by atoms with Crippen LogP contribution in [0.4, 0.5) is 0 Å². The van der Waals surface area contributed by atoms with Crippen molar-refractivity contribution in [1.29, 1.82) is 0 Å². The zero-order chi connectivity index (χ0) is 13.4. The Hall–Kier alpha value is -2.42. The van der Waals surface area contributed by atoms with Crippen LogP contribution in [-0.2, 0) is 9.59 Å². The van der Waals surface area contributed by atoms with Crippen molar-refractivity contribution in [3.05, 3.63) is 60.2 Å². The molecule has 0 aliphatic carbocycles. The fourth-order valence-electron chi connectivity index (χ4n) is 2.55. The van der Waals surface area contributed by atoms with Crippen molar-refractivity contribution in [2.45, 2.75) is 13.0 Å². The van der Waals surface area contributed by atoms with E-state index in [0.29, 0.717) is 0 Å². The number of rotatable bonds is 2. The normalized spacial score (nSPS) is 16.4. The number of hydrogen-bond donors (Lipinski definition) is 0. The number of benzene rings is 2. The first-order valence-electron chi connectivity index (χ1n) is 6.21. The first kappa shape index (κ1) is 11.7. The van der Waals surface area contributed by atoms with Crippen LogP contribution in [0.2, 0.25) is 0 Å². The van der Waals surface area contributed by atoms with Crippen LogP contribution in [0.3, 0.4) is 0 Å². The van der Waals surface area contributed by atoms with Crippen LogP contribution in [0.1, 0.15) is 18.5 Å². The molecular formula is C16H13NO2. The standard InChI is InChI=1S/C16H13NO2/c1-11(17-15(18)9-10-16(17)19)13-8-4-6-12-5-2-3-7-14(12)13/h2-11H,1H3/t11-/m1/s1. The number of carbonyl (C=O) groups is 2. The van der Waals surface area contributed by atoms with Crippen molar-refractivity contribution in [1.82, 2.24) is 4.90 Å². The smallest absolute Gasteiger partial charge is 0.254 e. The van der Waals surface area contributed by atoms with E-state index in [1.807, 2.05) is 49.4 Å². The summed E-state index contributed by atoms with van der Waals surface area (Å²) in [6, 6.07) is 13.7. The summed E-state index contributed by atoms with van der Waals surface area (Å²) in [5.41, 5.74) is 0.989. The first-order chi connectivity index (χ1) is 9.18. The van der Waals surface area contributed by atoms with Gasteiger partial charge in [0.15, 0.2) is 0 Å². The van der Waals surface area contributed by atoms with Gasteiger partial charge in [-0.05, 0) is 23.3 Å². The van der Waals surface area contributed by atoms with E-state index in [0.717, 1.165) is 16.3 Å². The Labute approximate surface area is 111 Å². The molecule has 0 N–H and O–H groups in total. The highest BCUT2D eigenvalue weighted by atomic mass is 16.2. The zero-order valence-electron chi connectivity index (χ0n) is 10.5.